The summed E-state index contributed by atoms with van der Waals surface area (Å²) >= 11 is 3.05. The number of sulfone groups is 1. The number of hydrogen-bond acceptors (Lipinski definition) is 7. The summed E-state index contributed by atoms with van der Waals surface area (Å²) in [7, 11) is -4.58. The van der Waals surface area contributed by atoms with Crippen LogP contribution >= 0.6 is 23.1 Å². The van der Waals surface area contributed by atoms with E-state index in [0.717, 1.165) is 40.9 Å². The number of thioether (sulfide) groups is 1. The molecule has 3 aromatic rings. The topological polar surface area (TPSA) is 74.1 Å². The Hall–Kier alpha value is -1.82. The highest BCUT2D eigenvalue weighted by atomic mass is 32.2. The fraction of sp³-hybridized carbons (Fsp3) is 0.368. The van der Waals surface area contributed by atoms with E-state index in [-0.39, 0.29) is 11.0 Å². The van der Waals surface area contributed by atoms with Gasteiger partial charge in [-0.25, -0.2) is 8.42 Å². The summed E-state index contributed by atoms with van der Waals surface area (Å²) < 4.78 is 56.3. The van der Waals surface area contributed by atoms with Gasteiger partial charge in [0, 0.05) is 12.4 Å². The third kappa shape index (κ3) is 4.58. The van der Waals surface area contributed by atoms with Gasteiger partial charge in [0.25, 0.3) is 0 Å². The van der Waals surface area contributed by atoms with Crippen LogP contribution in [0.5, 0.6) is 0 Å². The Morgan fingerprint density at radius 1 is 1.23 bits per heavy atom. The molecule has 0 aliphatic carbocycles. The highest BCUT2D eigenvalue weighted by molar-refractivity contribution is 7.98. The second kappa shape index (κ2) is 9.13. The first kappa shape index (κ1) is 21.4. The SMILES string of the molecule is O=S(=O)(c1ccc(CSc2nnc(-c3cccs3)n2CC2CCCO2)cc1)C(F)F. The summed E-state index contributed by atoms with van der Waals surface area (Å²) in [6.45, 7) is 1.42. The summed E-state index contributed by atoms with van der Waals surface area (Å²) in [6.07, 6.45) is 2.15. The number of thiophene rings is 1. The molecule has 0 radical (unpaired) electrons. The lowest BCUT2D eigenvalue weighted by Gasteiger charge is -2.14. The number of alkyl halides is 2. The summed E-state index contributed by atoms with van der Waals surface area (Å²) in [6, 6.07) is 9.48. The number of ether oxygens (including phenoxy) is 1. The van der Waals surface area contributed by atoms with E-state index < -0.39 is 15.6 Å². The van der Waals surface area contributed by atoms with Crippen molar-refractivity contribution in [3.05, 3.63) is 47.3 Å². The molecule has 2 aromatic heterocycles. The predicted octanol–water partition coefficient (Wildman–Crippen LogP) is 4.47. The summed E-state index contributed by atoms with van der Waals surface area (Å²) in [4.78, 5) is 0.640. The van der Waals surface area contributed by atoms with E-state index in [1.54, 1.807) is 23.5 Å². The molecule has 0 amide bonds. The average Bonchev–Trinajstić information content (AvgIpc) is 3.49. The Morgan fingerprint density at radius 2 is 2.03 bits per heavy atom. The molecule has 0 spiro atoms. The van der Waals surface area contributed by atoms with Crippen molar-refractivity contribution in [1.82, 2.24) is 14.8 Å². The summed E-state index contributed by atoms with van der Waals surface area (Å²) in [5.41, 5.74) is 0.803. The molecule has 0 bridgehead atoms. The van der Waals surface area contributed by atoms with E-state index in [4.69, 9.17) is 4.74 Å². The molecule has 1 aromatic carbocycles. The van der Waals surface area contributed by atoms with Crippen LogP contribution in [-0.2, 0) is 26.9 Å². The van der Waals surface area contributed by atoms with Gasteiger partial charge in [0.05, 0.1) is 22.4 Å². The molecule has 160 valence electrons. The van der Waals surface area contributed by atoms with Crippen LogP contribution in [0.3, 0.4) is 0 Å². The number of benzene rings is 1. The van der Waals surface area contributed by atoms with Crippen LogP contribution in [-0.4, -0.2) is 41.7 Å². The lowest BCUT2D eigenvalue weighted by Crippen LogP contribution is -2.16. The van der Waals surface area contributed by atoms with Crippen LogP contribution in [0.2, 0.25) is 0 Å². The van der Waals surface area contributed by atoms with E-state index in [2.05, 4.69) is 14.8 Å². The van der Waals surface area contributed by atoms with Gasteiger partial charge in [-0.3, -0.25) is 4.57 Å². The zero-order chi connectivity index (χ0) is 21.1. The molecule has 6 nitrogen and oxygen atoms in total. The van der Waals surface area contributed by atoms with Gasteiger partial charge in [0.2, 0.25) is 9.84 Å². The van der Waals surface area contributed by atoms with Gasteiger partial charge in [-0.1, -0.05) is 30.0 Å². The monoisotopic (exact) mass is 471 g/mol. The van der Waals surface area contributed by atoms with E-state index in [1.807, 2.05) is 17.5 Å². The Morgan fingerprint density at radius 3 is 2.67 bits per heavy atom. The predicted molar refractivity (Wildman–Crippen MR) is 112 cm³/mol. The largest absolute Gasteiger partial charge is 0.376 e. The minimum absolute atomic E-state index is 0.123. The van der Waals surface area contributed by atoms with Crippen LogP contribution in [0, 0.1) is 0 Å². The molecule has 1 unspecified atom stereocenters. The maximum absolute atomic E-state index is 12.7. The van der Waals surface area contributed by atoms with Crippen LogP contribution in [0.25, 0.3) is 10.7 Å². The minimum Gasteiger partial charge on any atom is -0.376 e. The van der Waals surface area contributed by atoms with Crippen molar-refractivity contribution < 1.29 is 21.9 Å². The fourth-order valence-electron chi connectivity index (χ4n) is 3.17. The number of halogens is 2. The molecule has 1 aliphatic heterocycles. The zero-order valence-corrected chi connectivity index (χ0v) is 18.2. The third-order valence-corrected chi connectivity index (χ3v) is 8.03. The minimum atomic E-state index is -4.58. The molecular weight excluding hydrogens is 452 g/mol. The maximum atomic E-state index is 12.7. The van der Waals surface area contributed by atoms with Crippen LogP contribution in [0.15, 0.2) is 51.8 Å². The lowest BCUT2D eigenvalue weighted by molar-refractivity contribution is 0.0953. The van der Waals surface area contributed by atoms with E-state index >= 15 is 0 Å². The Bertz CT molecular complexity index is 1080. The first-order valence-electron chi connectivity index (χ1n) is 9.27. The van der Waals surface area contributed by atoms with Crippen LogP contribution in [0.1, 0.15) is 18.4 Å². The molecule has 1 fully saturated rings. The first-order valence-corrected chi connectivity index (χ1v) is 12.7. The van der Waals surface area contributed by atoms with Crippen LogP contribution < -0.4 is 0 Å². The van der Waals surface area contributed by atoms with Gasteiger partial charge in [-0.2, -0.15) is 8.78 Å². The summed E-state index contributed by atoms with van der Waals surface area (Å²) in [5, 5.41) is 11.4. The molecule has 4 rings (SSSR count). The van der Waals surface area contributed by atoms with Gasteiger partial charge in [0.15, 0.2) is 11.0 Å². The number of aromatic nitrogens is 3. The molecule has 1 aliphatic rings. The number of hydrogen-bond donors (Lipinski definition) is 0. The molecule has 11 heteroatoms. The molecule has 30 heavy (non-hydrogen) atoms. The second-order valence-corrected chi connectivity index (χ2v) is 10.6. The second-order valence-electron chi connectivity index (χ2n) is 6.77. The standard InChI is InChI=1S/C19H19F2N3O3S3/c20-18(21)30(25,26)15-7-5-13(6-8-15)12-29-19-23-22-17(16-4-2-10-28-16)24(19)11-14-3-1-9-27-14/h2,4-8,10,14,18H,1,3,9,11-12H2. The van der Waals surface area contributed by atoms with Crippen molar-refractivity contribution in [1.29, 1.82) is 0 Å². The van der Waals surface area contributed by atoms with Crippen molar-refractivity contribution in [3.8, 4) is 10.7 Å². The highest BCUT2D eigenvalue weighted by Gasteiger charge is 2.26. The van der Waals surface area contributed by atoms with E-state index in [1.165, 1.54) is 23.9 Å². The maximum Gasteiger partial charge on any atom is 0.341 e. The van der Waals surface area contributed by atoms with Crippen molar-refractivity contribution in [2.45, 2.75) is 47.1 Å². The molecule has 0 N–H and O–H groups in total. The molecule has 1 saturated heterocycles. The Balaban J connectivity index is 1.52. The van der Waals surface area contributed by atoms with Crippen LogP contribution in [0.4, 0.5) is 8.78 Å². The number of nitrogens with zero attached hydrogens (tertiary/aromatic N) is 3. The first-order chi connectivity index (χ1) is 14.4. The zero-order valence-electron chi connectivity index (χ0n) is 15.8. The van der Waals surface area contributed by atoms with Crippen molar-refractivity contribution in [3.63, 3.8) is 0 Å². The van der Waals surface area contributed by atoms with Gasteiger partial charge in [-0.15, -0.1) is 21.5 Å². The van der Waals surface area contributed by atoms with Gasteiger partial charge in [-0.05, 0) is 42.0 Å². The van der Waals surface area contributed by atoms with Crippen molar-refractivity contribution >= 4 is 32.9 Å². The van der Waals surface area contributed by atoms with E-state index in [0.29, 0.717) is 12.3 Å². The molecule has 1 atom stereocenters. The highest BCUT2D eigenvalue weighted by Crippen LogP contribution is 2.30. The van der Waals surface area contributed by atoms with Gasteiger partial charge < -0.3 is 4.74 Å². The molecule has 3 heterocycles. The summed E-state index contributed by atoms with van der Waals surface area (Å²) in [5.74, 6) is -2.13. The normalized spacial score (nSPS) is 17.1. The average molecular weight is 472 g/mol. The fourth-order valence-corrected chi connectivity index (χ4v) is 5.51. The lowest BCUT2D eigenvalue weighted by atomic mass is 10.2. The van der Waals surface area contributed by atoms with Crippen molar-refractivity contribution in [2.24, 2.45) is 0 Å². The molecule has 0 saturated carbocycles. The third-order valence-electron chi connectivity index (χ3n) is 4.72. The Labute approximate surface area is 181 Å². The molecular formula is C19H19F2N3O3S3. The Kier molecular flexibility index (Phi) is 6.51. The van der Waals surface area contributed by atoms with Crippen molar-refractivity contribution in [2.75, 3.05) is 6.61 Å². The van der Waals surface area contributed by atoms with Gasteiger partial charge >= 0.3 is 5.76 Å². The smallest absolute Gasteiger partial charge is 0.341 e. The number of rotatable bonds is 8. The van der Waals surface area contributed by atoms with E-state index in [9.17, 15) is 17.2 Å². The van der Waals surface area contributed by atoms with Gasteiger partial charge in [0.1, 0.15) is 0 Å². The quantitative estimate of drug-likeness (QED) is 0.451.